The van der Waals surface area contributed by atoms with Crippen molar-refractivity contribution < 1.29 is 0 Å². The minimum atomic E-state index is 0.698. The van der Waals surface area contributed by atoms with E-state index < -0.39 is 0 Å². The van der Waals surface area contributed by atoms with E-state index in [0.29, 0.717) is 5.69 Å². The zero-order chi connectivity index (χ0) is 14.2. The van der Waals surface area contributed by atoms with Gasteiger partial charge in [-0.1, -0.05) is 12.1 Å². The van der Waals surface area contributed by atoms with E-state index in [1.54, 1.807) is 6.33 Å². The predicted molar refractivity (Wildman–Crippen MR) is 84.2 cm³/mol. The quantitative estimate of drug-likeness (QED) is 0.438. The van der Waals surface area contributed by atoms with E-state index in [0.717, 1.165) is 32.1 Å². The van der Waals surface area contributed by atoms with Crippen LogP contribution in [0, 0.1) is 0 Å². The number of imidazole rings is 1. The van der Waals surface area contributed by atoms with Crippen LogP contribution in [0.3, 0.4) is 0 Å². The predicted octanol–water partition coefficient (Wildman–Crippen LogP) is 3.24. The first-order chi connectivity index (χ1) is 10.3. The molecule has 2 aromatic heterocycles. The highest BCUT2D eigenvalue weighted by atomic mass is 32.2. The summed E-state index contributed by atoms with van der Waals surface area (Å²) in [6.07, 6.45) is 1.56. The number of hydrogen-bond acceptors (Lipinski definition) is 5. The number of nitrogen functional groups attached to an aromatic ring is 1. The molecule has 0 aliphatic rings. The van der Waals surface area contributed by atoms with Gasteiger partial charge in [0.05, 0.1) is 16.6 Å². The van der Waals surface area contributed by atoms with Crippen LogP contribution in [0.2, 0.25) is 0 Å². The standard InChI is InChI=1S/C15H11N5S/c16-9-5-6-11-10(7-9)14(18-8-17-11)21-15-19-12-3-1-2-4-13(12)20-15/h1-8H,16H2,(H,19,20). The van der Waals surface area contributed by atoms with E-state index in [1.165, 1.54) is 11.8 Å². The second-order valence-corrected chi connectivity index (χ2v) is 5.59. The zero-order valence-electron chi connectivity index (χ0n) is 10.9. The number of anilines is 1. The number of nitrogens with two attached hydrogens (primary N) is 1. The fraction of sp³-hybridized carbons (Fsp3) is 0. The third-order valence-electron chi connectivity index (χ3n) is 3.18. The molecule has 5 nitrogen and oxygen atoms in total. The molecular formula is C15H11N5S. The Morgan fingerprint density at radius 1 is 1.00 bits per heavy atom. The Morgan fingerprint density at radius 3 is 2.81 bits per heavy atom. The Bertz CT molecular complexity index is 914. The van der Waals surface area contributed by atoms with Crippen molar-refractivity contribution in [3.8, 4) is 0 Å². The highest BCUT2D eigenvalue weighted by Gasteiger charge is 2.09. The summed E-state index contributed by atoms with van der Waals surface area (Å²) in [6, 6.07) is 13.6. The number of para-hydroxylation sites is 2. The van der Waals surface area contributed by atoms with E-state index in [2.05, 4.69) is 19.9 Å². The van der Waals surface area contributed by atoms with Crippen LogP contribution in [0.5, 0.6) is 0 Å². The average Bonchev–Trinajstić information content (AvgIpc) is 2.90. The van der Waals surface area contributed by atoms with E-state index in [4.69, 9.17) is 5.73 Å². The highest BCUT2D eigenvalue weighted by Crippen LogP contribution is 2.31. The molecule has 0 radical (unpaired) electrons. The molecule has 6 heteroatoms. The van der Waals surface area contributed by atoms with Crippen LogP contribution in [-0.4, -0.2) is 19.9 Å². The molecule has 0 amide bonds. The van der Waals surface area contributed by atoms with Crippen molar-refractivity contribution in [1.82, 2.24) is 19.9 Å². The molecule has 0 aliphatic heterocycles. The zero-order valence-corrected chi connectivity index (χ0v) is 11.8. The van der Waals surface area contributed by atoms with Gasteiger partial charge in [0, 0.05) is 11.1 Å². The summed E-state index contributed by atoms with van der Waals surface area (Å²) in [4.78, 5) is 16.4. The normalized spacial score (nSPS) is 11.2. The number of nitrogens with one attached hydrogen (secondary N) is 1. The summed E-state index contributed by atoms with van der Waals surface area (Å²) in [5, 5.41) is 2.58. The molecule has 0 fully saturated rings. The molecule has 0 spiro atoms. The van der Waals surface area contributed by atoms with E-state index in [1.807, 2.05) is 42.5 Å². The van der Waals surface area contributed by atoms with Gasteiger partial charge in [-0.2, -0.15) is 0 Å². The summed E-state index contributed by atoms with van der Waals surface area (Å²) in [6.45, 7) is 0. The fourth-order valence-electron chi connectivity index (χ4n) is 2.20. The lowest BCUT2D eigenvalue weighted by Crippen LogP contribution is -1.90. The lowest BCUT2D eigenvalue weighted by molar-refractivity contribution is 1.05. The first-order valence-corrected chi connectivity index (χ1v) is 7.24. The number of fused-ring (bicyclic) bond motifs is 2. The molecule has 2 heterocycles. The third kappa shape index (κ3) is 2.19. The van der Waals surface area contributed by atoms with Gasteiger partial charge in [0.1, 0.15) is 11.4 Å². The number of aromatic amines is 1. The first kappa shape index (κ1) is 12.2. The van der Waals surface area contributed by atoms with Gasteiger partial charge in [-0.05, 0) is 42.1 Å². The highest BCUT2D eigenvalue weighted by molar-refractivity contribution is 7.99. The number of benzene rings is 2. The van der Waals surface area contributed by atoms with Crippen molar-refractivity contribution in [2.75, 3.05) is 5.73 Å². The van der Waals surface area contributed by atoms with Gasteiger partial charge in [0.15, 0.2) is 5.16 Å². The van der Waals surface area contributed by atoms with Gasteiger partial charge in [-0.3, -0.25) is 0 Å². The maximum atomic E-state index is 5.86. The van der Waals surface area contributed by atoms with Crippen molar-refractivity contribution in [3.05, 3.63) is 48.8 Å². The molecule has 2 aromatic carbocycles. The second kappa shape index (κ2) is 4.75. The monoisotopic (exact) mass is 293 g/mol. The molecule has 21 heavy (non-hydrogen) atoms. The minimum absolute atomic E-state index is 0.698. The Balaban J connectivity index is 1.81. The van der Waals surface area contributed by atoms with Crippen LogP contribution in [0.15, 0.2) is 59.0 Å². The number of hydrogen-bond donors (Lipinski definition) is 2. The Hall–Kier alpha value is -2.60. The van der Waals surface area contributed by atoms with Crippen LogP contribution < -0.4 is 5.73 Å². The molecule has 0 aliphatic carbocycles. The van der Waals surface area contributed by atoms with Gasteiger partial charge in [-0.25, -0.2) is 15.0 Å². The maximum absolute atomic E-state index is 5.86. The third-order valence-corrected chi connectivity index (χ3v) is 4.09. The lowest BCUT2D eigenvalue weighted by atomic mass is 10.2. The molecule has 102 valence electrons. The van der Waals surface area contributed by atoms with Crippen molar-refractivity contribution >= 4 is 39.4 Å². The van der Waals surface area contributed by atoms with Gasteiger partial charge < -0.3 is 10.7 Å². The van der Waals surface area contributed by atoms with Crippen molar-refractivity contribution in [2.24, 2.45) is 0 Å². The molecule has 0 saturated carbocycles. The fourth-order valence-corrected chi connectivity index (χ4v) is 3.06. The Kier molecular flexibility index (Phi) is 2.75. The van der Waals surface area contributed by atoms with Gasteiger partial charge in [0.25, 0.3) is 0 Å². The minimum Gasteiger partial charge on any atom is -0.399 e. The van der Waals surface area contributed by atoms with Crippen molar-refractivity contribution in [1.29, 1.82) is 0 Å². The smallest absolute Gasteiger partial charge is 0.172 e. The molecule has 0 saturated heterocycles. The van der Waals surface area contributed by atoms with Crippen LogP contribution in [0.4, 0.5) is 5.69 Å². The summed E-state index contributed by atoms with van der Waals surface area (Å²) < 4.78 is 0. The summed E-state index contributed by atoms with van der Waals surface area (Å²) in [5.41, 5.74) is 9.38. The average molecular weight is 293 g/mol. The lowest BCUT2D eigenvalue weighted by Gasteiger charge is -2.03. The molecule has 0 atom stereocenters. The molecular weight excluding hydrogens is 282 g/mol. The summed E-state index contributed by atoms with van der Waals surface area (Å²) in [5.74, 6) is 0. The van der Waals surface area contributed by atoms with E-state index >= 15 is 0 Å². The van der Waals surface area contributed by atoms with Crippen molar-refractivity contribution in [3.63, 3.8) is 0 Å². The largest absolute Gasteiger partial charge is 0.399 e. The molecule has 4 aromatic rings. The molecule has 3 N–H and O–H groups in total. The first-order valence-electron chi connectivity index (χ1n) is 6.42. The van der Waals surface area contributed by atoms with Crippen LogP contribution in [0.25, 0.3) is 21.9 Å². The maximum Gasteiger partial charge on any atom is 0.172 e. The number of aromatic nitrogens is 4. The Morgan fingerprint density at radius 2 is 1.90 bits per heavy atom. The SMILES string of the molecule is Nc1ccc2ncnc(Sc3nc4ccccc4[nH]3)c2c1. The number of rotatable bonds is 2. The van der Waals surface area contributed by atoms with Crippen LogP contribution in [-0.2, 0) is 0 Å². The molecule has 4 rings (SSSR count). The molecule has 0 unspecified atom stereocenters. The van der Waals surface area contributed by atoms with Gasteiger partial charge in [0.2, 0.25) is 0 Å². The summed E-state index contributed by atoms with van der Waals surface area (Å²) >= 11 is 1.48. The van der Waals surface area contributed by atoms with E-state index in [-0.39, 0.29) is 0 Å². The van der Waals surface area contributed by atoms with Gasteiger partial charge in [-0.15, -0.1) is 0 Å². The summed E-state index contributed by atoms with van der Waals surface area (Å²) in [7, 11) is 0. The van der Waals surface area contributed by atoms with Gasteiger partial charge >= 0.3 is 0 Å². The van der Waals surface area contributed by atoms with E-state index in [9.17, 15) is 0 Å². The number of nitrogens with zero attached hydrogens (tertiary/aromatic N) is 3. The topological polar surface area (TPSA) is 80.5 Å². The second-order valence-electron chi connectivity index (χ2n) is 4.62. The van der Waals surface area contributed by atoms with Crippen molar-refractivity contribution in [2.45, 2.75) is 10.2 Å². The Labute approximate surface area is 124 Å². The van der Waals surface area contributed by atoms with Crippen LogP contribution >= 0.6 is 11.8 Å². The van der Waals surface area contributed by atoms with Crippen LogP contribution in [0.1, 0.15) is 0 Å². The molecule has 0 bridgehead atoms. The number of H-pyrrole nitrogens is 1.